The van der Waals surface area contributed by atoms with Gasteiger partial charge in [0, 0.05) is 49.7 Å². The van der Waals surface area contributed by atoms with Gasteiger partial charge in [-0.25, -0.2) is 4.98 Å². The van der Waals surface area contributed by atoms with Crippen molar-refractivity contribution in [1.82, 2.24) is 25.1 Å². The normalized spacial score (nSPS) is 21.2. The van der Waals surface area contributed by atoms with Crippen LogP contribution in [0.3, 0.4) is 0 Å². The molecule has 2 atom stereocenters. The van der Waals surface area contributed by atoms with E-state index in [9.17, 15) is 0 Å². The van der Waals surface area contributed by atoms with Crippen molar-refractivity contribution in [3.05, 3.63) is 42.4 Å². The van der Waals surface area contributed by atoms with Gasteiger partial charge in [-0.2, -0.15) is 5.10 Å². The number of ether oxygens (including phenoxy) is 1. The van der Waals surface area contributed by atoms with E-state index in [0.717, 1.165) is 41.2 Å². The van der Waals surface area contributed by atoms with Crippen LogP contribution in [0.15, 0.2) is 30.7 Å². The molecule has 1 fully saturated rings. The molecule has 0 aliphatic carbocycles. The maximum atomic E-state index is 5.59. The molecule has 0 aromatic carbocycles. The Kier molecular flexibility index (Phi) is 3.42. The van der Waals surface area contributed by atoms with Gasteiger partial charge in [-0.3, -0.25) is 15.1 Å². The number of hydrogen-bond donors (Lipinski definition) is 1. The Balaban J connectivity index is 1.80. The Morgan fingerprint density at radius 1 is 1.30 bits per heavy atom. The van der Waals surface area contributed by atoms with Crippen molar-refractivity contribution in [3.63, 3.8) is 0 Å². The standard InChI is InChI=1S/C16H18N6O/c1-10-19-16(21-20-10)15-7-11(23-2)9-22(15)14-4-6-18-13-3-5-17-8-12(13)14/h3-6,8,11,15H,7,9H2,1-2H3,(H,19,20,21)/t11-,15+/m1/s1. The number of H-pyrrole nitrogens is 1. The molecule has 0 bridgehead atoms. The fraction of sp³-hybridized carbons (Fsp3) is 0.375. The molecule has 23 heavy (non-hydrogen) atoms. The summed E-state index contributed by atoms with van der Waals surface area (Å²) in [4.78, 5) is 15.5. The second-order valence-electron chi connectivity index (χ2n) is 5.76. The average molecular weight is 310 g/mol. The highest BCUT2D eigenvalue weighted by atomic mass is 16.5. The number of hydrogen-bond acceptors (Lipinski definition) is 6. The van der Waals surface area contributed by atoms with Gasteiger partial charge >= 0.3 is 0 Å². The fourth-order valence-electron chi connectivity index (χ4n) is 3.21. The van der Waals surface area contributed by atoms with Gasteiger partial charge in [-0.05, 0) is 19.1 Å². The molecule has 4 heterocycles. The third kappa shape index (κ3) is 2.43. The van der Waals surface area contributed by atoms with Gasteiger partial charge in [-0.1, -0.05) is 0 Å². The fourth-order valence-corrected chi connectivity index (χ4v) is 3.21. The van der Waals surface area contributed by atoms with E-state index >= 15 is 0 Å². The maximum Gasteiger partial charge on any atom is 0.173 e. The van der Waals surface area contributed by atoms with Crippen molar-refractivity contribution in [2.45, 2.75) is 25.5 Å². The lowest BCUT2D eigenvalue weighted by atomic mass is 10.1. The third-order valence-electron chi connectivity index (χ3n) is 4.34. The lowest BCUT2D eigenvalue weighted by molar-refractivity contribution is 0.118. The molecule has 0 radical (unpaired) electrons. The van der Waals surface area contributed by atoms with Gasteiger partial charge in [0.2, 0.25) is 0 Å². The van der Waals surface area contributed by atoms with E-state index in [0.29, 0.717) is 0 Å². The first-order valence-electron chi connectivity index (χ1n) is 7.63. The quantitative estimate of drug-likeness (QED) is 0.797. The second kappa shape index (κ2) is 5.58. The summed E-state index contributed by atoms with van der Waals surface area (Å²) < 4.78 is 5.59. The van der Waals surface area contributed by atoms with Crippen molar-refractivity contribution >= 4 is 16.6 Å². The first-order chi connectivity index (χ1) is 11.3. The smallest absolute Gasteiger partial charge is 0.173 e. The van der Waals surface area contributed by atoms with Crippen LogP contribution in [0.5, 0.6) is 0 Å². The largest absolute Gasteiger partial charge is 0.380 e. The van der Waals surface area contributed by atoms with Crippen LogP contribution < -0.4 is 4.90 Å². The number of aromatic amines is 1. The van der Waals surface area contributed by atoms with E-state index in [-0.39, 0.29) is 12.1 Å². The Morgan fingerprint density at radius 2 is 2.22 bits per heavy atom. The van der Waals surface area contributed by atoms with Crippen molar-refractivity contribution < 1.29 is 4.74 Å². The molecule has 7 nitrogen and oxygen atoms in total. The topological polar surface area (TPSA) is 79.8 Å². The number of methoxy groups -OCH3 is 1. The lowest BCUT2D eigenvalue weighted by Gasteiger charge is -2.25. The van der Waals surface area contributed by atoms with Crippen molar-refractivity contribution in [2.24, 2.45) is 0 Å². The van der Waals surface area contributed by atoms with Gasteiger partial charge < -0.3 is 9.64 Å². The summed E-state index contributed by atoms with van der Waals surface area (Å²) in [6, 6.07) is 4.03. The van der Waals surface area contributed by atoms with E-state index in [1.807, 2.05) is 31.5 Å². The van der Waals surface area contributed by atoms with Crippen LogP contribution in [0, 0.1) is 6.92 Å². The van der Waals surface area contributed by atoms with Crippen LogP contribution in [0.4, 0.5) is 5.69 Å². The highest BCUT2D eigenvalue weighted by molar-refractivity contribution is 5.91. The molecule has 7 heteroatoms. The maximum absolute atomic E-state index is 5.59. The Morgan fingerprint density at radius 3 is 3.00 bits per heavy atom. The molecular weight excluding hydrogens is 292 g/mol. The molecule has 118 valence electrons. The molecule has 0 saturated carbocycles. The zero-order chi connectivity index (χ0) is 15.8. The highest BCUT2D eigenvalue weighted by Crippen LogP contribution is 2.38. The molecule has 1 saturated heterocycles. The van der Waals surface area contributed by atoms with Crippen LogP contribution in [0.25, 0.3) is 10.9 Å². The van der Waals surface area contributed by atoms with E-state index in [1.165, 1.54) is 0 Å². The van der Waals surface area contributed by atoms with Crippen molar-refractivity contribution in [1.29, 1.82) is 0 Å². The molecule has 1 aliphatic heterocycles. The second-order valence-corrected chi connectivity index (χ2v) is 5.76. The molecule has 1 N–H and O–H groups in total. The summed E-state index contributed by atoms with van der Waals surface area (Å²) in [5, 5.41) is 8.32. The van der Waals surface area contributed by atoms with Gasteiger partial charge in [0.1, 0.15) is 5.82 Å². The number of pyridine rings is 2. The number of rotatable bonds is 3. The third-order valence-corrected chi connectivity index (χ3v) is 4.34. The monoisotopic (exact) mass is 310 g/mol. The van der Waals surface area contributed by atoms with Crippen molar-refractivity contribution in [2.75, 3.05) is 18.6 Å². The van der Waals surface area contributed by atoms with Gasteiger partial charge in [-0.15, -0.1) is 0 Å². The summed E-state index contributed by atoms with van der Waals surface area (Å²) in [5.41, 5.74) is 2.03. The highest BCUT2D eigenvalue weighted by Gasteiger charge is 2.36. The Hall–Kier alpha value is -2.54. The number of fused-ring (bicyclic) bond motifs is 1. The summed E-state index contributed by atoms with van der Waals surface area (Å²) in [5.74, 6) is 1.62. The van der Waals surface area contributed by atoms with Crippen LogP contribution >= 0.6 is 0 Å². The van der Waals surface area contributed by atoms with E-state index in [1.54, 1.807) is 13.3 Å². The summed E-state index contributed by atoms with van der Waals surface area (Å²) in [6.07, 6.45) is 6.46. The molecule has 0 amide bonds. The van der Waals surface area contributed by atoms with E-state index in [2.05, 4.69) is 30.0 Å². The number of aromatic nitrogens is 5. The van der Waals surface area contributed by atoms with Gasteiger partial charge in [0.25, 0.3) is 0 Å². The van der Waals surface area contributed by atoms with Crippen LogP contribution in [-0.4, -0.2) is 44.9 Å². The first-order valence-corrected chi connectivity index (χ1v) is 7.63. The number of anilines is 1. The van der Waals surface area contributed by atoms with Gasteiger partial charge in [0.05, 0.1) is 17.7 Å². The minimum atomic E-state index is 0.0794. The average Bonchev–Trinajstić information content (AvgIpc) is 3.20. The number of nitrogens with one attached hydrogen (secondary N) is 1. The van der Waals surface area contributed by atoms with Crippen LogP contribution in [0.2, 0.25) is 0 Å². The predicted octanol–water partition coefficient (Wildman–Crippen LogP) is 2.02. The molecular formula is C16H18N6O. The van der Waals surface area contributed by atoms with Crippen LogP contribution in [0.1, 0.15) is 24.1 Å². The molecule has 3 aromatic rings. The van der Waals surface area contributed by atoms with Crippen LogP contribution in [-0.2, 0) is 4.74 Å². The summed E-state index contributed by atoms with van der Waals surface area (Å²) in [6.45, 7) is 2.71. The van der Waals surface area contributed by atoms with E-state index in [4.69, 9.17) is 4.74 Å². The Bertz CT molecular complexity index is 827. The molecule has 1 aliphatic rings. The number of aryl methyl sites for hydroxylation is 1. The summed E-state index contributed by atoms with van der Waals surface area (Å²) in [7, 11) is 1.75. The Labute approximate surface area is 133 Å². The molecule has 3 aromatic heterocycles. The number of nitrogens with zero attached hydrogens (tertiary/aromatic N) is 5. The zero-order valence-electron chi connectivity index (χ0n) is 13.1. The van der Waals surface area contributed by atoms with Crippen molar-refractivity contribution in [3.8, 4) is 0 Å². The molecule has 4 rings (SSSR count). The minimum absolute atomic E-state index is 0.0794. The molecule has 0 spiro atoms. The predicted molar refractivity (Wildman–Crippen MR) is 86.2 cm³/mol. The minimum Gasteiger partial charge on any atom is -0.380 e. The molecule has 0 unspecified atom stereocenters. The van der Waals surface area contributed by atoms with E-state index < -0.39 is 0 Å². The lowest BCUT2D eigenvalue weighted by Crippen LogP contribution is -2.25. The summed E-state index contributed by atoms with van der Waals surface area (Å²) >= 11 is 0. The SMILES string of the molecule is CO[C@@H]1C[C@@H](c2n[nH]c(C)n2)N(c2ccnc3ccncc23)C1. The zero-order valence-corrected chi connectivity index (χ0v) is 13.1. The van der Waals surface area contributed by atoms with Gasteiger partial charge in [0.15, 0.2) is 5.82 Å². The first kappa shape index (κ1) is 14.1.